The van der Waals surface area contributed by atoms with E-state index in [0.29, 0.717) is 22.7 Å². The smallest absolute Gasteiger partial charge is 0.338 e. The molecule has 24 heavy (non-hydrogen) atoms. The zero-order chi connectivity index (χ0) is 17.5. The van der Waals surface area contributed by atoms with Crippen LogP contribution in [0.5, 0.6) is 11.5 Å². The van der Waals surface area contributed by atoms with Crippen molar-refractivity contribution in [2.75, 3.05) is 19.5 Å². The van der Waals surface area contributed by atoms with Crippen LogP contribution in [0, 0.1) is 6.92 Å². The molecule has 0 fully saturated rings. The van der Waals surface area contributed by atoms with Crippen LogP contribution in [-0.4, -0.2) is 26.2 Å². The third kappa shape index (κ3) is 4.39. The minimum absolute atomic E-state index is 0.393. The minimum Gasteiger partial charge on any atom is -0.497 e. The number of hydrogen-bond acceptors (Lipinski definition) is 4. The summed E-state index contributed by atoms with van der Waals surface area (Å²) >= 11 is 0. The third-order valence-electron chi connectivity index (χ3n) is 3.24. The number of amides is 3. The topological polar surface area (TPSA) is 88.7 Å². The van der Waals surface area contributed by atoms with E-state index in [1.165, 1.54) is 7.11 Å². The molecule has 0 atom stereocenters. The predicted molar refractivity (Wildman–Crippen MR) is 90.3 cm³/mol. The lowest BCUT2D eigenvalue weighted by Gasteiger charge is -2.12. The molecule has 0 aliphatic carbocycles. The fourth-order valence-corrected chi connectivity index (χ4v) is 2.00. The fraction of sp³-hybridized carbons (Fsp3) is 0.176. The van der Waals surface area contributed by atoms with E-state index in [2.05, 4.69) is 16.2 Å². The molecule has 0 unspecified atom stereocenters. The lowest BCUT2D eigenvalue weighted by Crippen LogP contribution is -2.43. The molecule has 0 aliphatic heterocycles. The summed E-state index contributed by atoms with van der Waals surface area (Å²) < 4.78 is 10.2. The van der Waals surface area contributed by atoms with Crippen molar-refractivity contribution in [1.29, 1.82) is 0 Å². The first-order chi connectivity index (χ1) is 11.5. The molecule has 7 nitrogen and oxygen atoms in total. The number of urea groups is 1. The number of nitrogens with one attached hydrogen (secondary N) is 3. The molecule has 2 aromatic rings. The van der Waals surface area contributed by atoms with Crippen molar-refractivity contribution in [3.8, 4) is 11.5 Å². The first-order valence-corrected chi connectivity index (χ1v) is 7.19. The second-order valence-corrected chi connectivity index (χ2v) is 4.97. The number of hydrazine groups is 1. The van der Waals surface area contributed by atoms with E-state index in [4.69, 9.17) is 9.47 Å². The number of carbonyl (C=O) groups excluding carboxylic acids is 2. The highest BCUT2D eigenvalue weighted by Crippen LogP contribution is 2.24. The highest BCUT2D eigenvalue weighted by atomic mass is 16.5. The maximum Gasteiger partial charge on any atom is 0.338 e. The number of rotatable bonds is 4. The molecule has 0 bridgehead atoms. The first kappa shape index (κ1) is 17.1. The van der Waals surface area contributed by atoms with Gasteiger partial charge in [-0.05, 0) is 48.9 Å². The zero-order valence-electron chi connectivity index (χ0n) is 13.7. The quantitative estimate of drug-likeness (QED) is 0.752. The number of aryl methyl sites for hydroxylation is 1. The molecule has 0 radical (unpaired) electrons. The highest BCUT2D eigenvalue weighted by molar-refractivity contribution is 5.97. The van der Waals surface area contributed by atoms with Gasteiger partial charge in [-0.15, -0.1) is 0 Å². The standard InChI is InChI=1S/C17H19N3O4/c1-11-4-9-15(24-3)14(10-11)18-17(22)20-19-16(21)12-5-7-13(23-2)8-6-12/h4-10H,1-3H3,(H,19,21)(H2,18,20,22). The number of ether oxygens (including phenoxy) is 2. The lowest BCUT2D eigenvalue weighted by atomic mass is 10.2. The van der Waals surface area contributed by atoms with E-state index in [9.17, 15) is 9.59 Å². The molecular weight excluding hydrogens is 310 g/mol. The second-order valence-electron chi connectivity index (χ2n) is 4.97. The molecule has 2 rings (SSSR count). The van der Waals surface area contributed by atoms with Crippen LogP contribution in [0.25, 0.3) is 0 Å². The maximum absolute atomic E-state index is 12.0. The van der Waals surface area contributed by atoms with Crippen molar-refractivity contribution in [1.82, 2.24) is 10.9 Å². The number of hydrogen-bond donors (Lipinski definition) is 3. The van der Waals surface area contributed by atoms with Gasteiger partial charge in [-0.1, -0.05) is 6.07 Å². The largest absolute Gasteiger partial charge is 0.497 e. The Morgan fingerprint density at radius 2 is 1.62 bits per heavy atom. The summed E-state index contributed by atoms with van der Waals surface area (Å²) in [5, 5.41) is 2.62. The molecule has 0 aromatic heterocycles. The molecule has 3 amide bonds. The summed E-state index contributed by atoms with van der Waals surface area (Å²) in [6, 6.07) is 11.3. The monoisotopic (exact) mass is 329 g/mol. The van der Waals surface area contributed by atoms with Crippen LogP contribution < -0.4 is 25.6 Å². The van der Waals surface area contributed by atoms with Crippen molar-refractivity contribution >= 4 is 17.6 Å². The van der Waals surface area contributed by atoms with Crippen LogP contribution in [0.4, 0.5) is 10.5 Å². The number of carbonyl (C=O) groups is 2. The van der Waals surface area contributed by atoms with Gasteiger partial charge in [0.05, 0.1) is 19.9 Å². The Kier molecular flexibility index (Phi) is 5.62. The first-order valence-electron chi connectivity index (χ1n) is 7.19. The van der Waals surface area contributed by atoms with Gasteiger partial charge in [-0.25, -0.2) is 10.2 Å². The summed E-state index contributed by atoms with van der Waals surface area (Å²) in [6.07, 6.45) is 0. The van der Waals surface area contributed by atoms with Gasteiger partial charge in [0.15, 0.2) is 0 Å². The Bertz CT molecular complexity index is 729. The van der Waals surface area contributed by atoms with Crippen LogP contribution >= 0.6 is 0 Å². The molecule has 2 aromatic carbocycles. The third-order valence-corrected chi connectivity index (χ3v) is 3.24. The van der Waals surface area contributed by atoms with Gasteiger partial charge in [-0.2, -0.15) is 0 Å². The molecule has 7 heteroatoms. The summed E-state index contributed by atoms with van der Waals surface area (Å²) in [7, 11) is 3.06. The molecule has 0 aliphatic rings. The molecule has 3 N–H and O–H groups in total. The number of methoxy groups -OCH3 is 2. The van der Waals surface area contributed by atoms with E-state index >= 15 is 0 Å². The summed E-state index contributed by atoms with van der Waals surface area (Å²) in [4.78, 5) is 23.9. The van der Waals surface area contributed by atoms with E-state index in [0.717, 1.165) is 5.56 Å². The van der Waals surface area contributed by atoms with Crippen molar-refractivity contribution in [3.63, 3.8) is 0 Å². The minimum atomic E-state index is -0.583. The molecular formula is C17H19N3O4. The SMILES string of the molecule is COc1ccc(C(=O)NNC(=O)Nc2cc(C)ccc2OC)cc1. The maximum atomic E-state index is 12.0. The number of benzene rings is 2. The molecule has 0 heterocycles. The van der Waals surface area contributed by atoms with Gasteiger partial charge in [0.25, 0.3) is 5.91 Å². The highest BCUT2D eigenvalue weighted by Gasteiger charge is 2.10. The van der Waals surface area contributed by atoms with E-state index in [1.807, 2.05) is 13.0 Å². The Hall–Kier alpha value is -3.22. The molecule has 0 spiro atoms. The lowest BCUT2D eigenvalue weighted by molar-refractivity contribution is 0.0938. The van der Waals surface area contributed by atoms with E-state index < -0.39 is 11.9 Å². The van der Waals surface area contributed by atoms with Crippen molar-refractivity contribution in [2.45, 2.75) is 6.92 Å². The van der Waals surface area contributed by atoms with Crippen LogP contribution in [0.1, 0.15) is 15.9 Å². The Labute approximate surface area is 139 Å². The summed E-state index contributed by atoms with van der Waals surface area (Å²) in [5.74, 6) is 0.727. The van der Waals surface area contributed by atoms with Crippen LogP contribution in [-0.2, 0) is 0 Å². The Morgan fingerprint density at radius 3 is 2.25 bits per heavy atom. The van der Waals surface area contributed by atoms with Gasteiger partial charge in [0.1, 0.15) is 11.5 Å². The summed E-state index contributed by atoms with van der Waals surface area (Å²) in [6.45, 7) is 1.90. The van der Waals surface area contributed by atoms with Gasteiger partial charge in [0.2, 0.25) is 0 Å². The van der Waals surface area contributed by atoms with Crippen molar-refractivity contribution in [2.24, 2.45) is 0 Å². The molecule has 0 saturated heterocycles. The normalized spacial score (nSPS) is 9.79. The van der Waals surface area contributed by atoms with E-state index in [-0.39, 0.29) is 0 Å². The zero-order valence-corrected chi connectivity index (χ0v) is 13.7. The molecule has 0 saturated carbocycles. The van der Waals surface area contributed by atoms with Gasteiger partial charge in [-0.3, -0.25) is 10.2 Å². The average Bonchev–Trinajstić information content (AvgIpc) is 2.60. The van der Waals surface area contributed by atoms with Gasteiger partial charge in [0, 0.05) is 5.56 Å². The van der Waals surface area contributed by atoms with Crippen LogP contribution in [0.2, 0.25) is 0 Å². The molecule has 126 valence electrons. The second kappa shape index (κ2) is 7.87. The van der Waals surface area contributed by atoms with Crippen molar-refractivity contribution < 1.29 is 19.1 Å². The van der Waals surface area contributed by atoms with Crippen molar-refractivity contribution in [3.05, 3.63) is 53.6 Å². The Balaban J connectivity index is 1.93. The van der Waals surface area contributed by atoms with Gasteiger partial charge < -0.3 is 14.8 Å². The Morgan fingerprint density at radius 1 is 0.917 bits per heavy atom. The summed E-state index contributed by atoms with van der Waals surface area (Å²) in [5.41, 5.74) is 6.49. The van der Waals surface area contributed by atoms with Crippen LogP contribution in [0.15, 0.2) is 42.5 Å². The fourth-order valence-electron chi connectivity index (χ4n) is 2.00. The predicted octanol–water partition coefficient (Wildman–Crippen LogP) is 2.48. The average molecular weight is 329 g/mol. The number of anilines is 1. The van der Waals surface area contributed by atoms with Crippen LogP contribution in [0.3, 0.4) is 0 Å². The van der Waals surface area contributed by atoms with E-state index in [1.54, 1.807) is 43.5 Å². The van der Waals surface area contributed by atoms with Gasteiger partial charge >= 0.3 is 6.03 Å².